The second-order valence-electron chi connectivity index (χ2n) is 4.06. The van der Waals surface area contributed by atoms with Crippen LogP contribution in [0.15, 0.2) is 60.7 Å². The van der Waals surface area contributed by atoms with Crippen LogP contribution in [0.3, 0.4) is 0 Å². The fourth-order valence-corrected chi connectivity index (χ4v) is 5.30. The Morgan fingerprint density at radius 1 is 0.722 bits per heavy atom. The molecule has 0 saturated heterocycles. The SMILES string of the molecule is N#CP(P)(C#N)(c1ccccc1)c1ccccc1. The molecule has 0 aromatic heterocycles. The van der Waals surface area contributed by atoms with Gasteiger partial charge in [0.1, 0.15) is 0 Å². The first kappa shape index (κ1) is 12.7. The summed E-state index contributed by atoms with van der Waals surface area (Å²) in [4.78, 5) is 0. The topological polar surface area (TPSA) is 47.6 Å². The van der Waals surface area contributed by atoms with Gasteiger partial charge < -0.3 is 0 Å². The quantitative estimate of drug-likeness (QED) is 0.788. The summed E-state index contributed by atoms with van der Waals surface area (Å²) in [5, 5.41) is 21.0. The molecule has 1 unspecified atom stereocenters. The van der Waals surface area contributed by atoms with Gasteiger partial charge >= 0.3 is 109 Å². The van der Waals surface area contributed by atoms with Crippen LogP contribution < -0.4 is 10.6 Å². The van der Waals surface area contributed by atoms with E-state index in [-0.39, 0.29) is 0 Å². The van der Waals surface area contributed by atoms with Crippen molar-refractivity contribution < 1.29 is 0 Å². The van der Waals surface area contributed by atoms with Crippen molar-refractivity contribution in [1.29, 1.82) is 10.5 Å². The average Bonchev–Trinajstić information content (AvgIpc) is 2.48. The molecule has 0 heterocycles. The third-order valence-corrected chi connectivity index (χ3v) is 9.05. The predicted octanol–water partition coefficient (Wildman–Crippen LogP) is 2.94. The standard InChI is InChI=1S/C14H12N2P2/c15-11-18(17,12-16,13-7-3-1-4-8-13)14-9-5-2-6-10-14/h1-10H,17H2. The Morgan fingerprint density at radius 2 is 1.06 bits per heavy atom. The van der Waals surface area contributed by atoms with Gasteiger partial charge in [-0.3, -0.25) is 0 Å². The Balaban J connectivity index is 2.82. The minimum absolute atomic E-state index is 0.782. The van der Waals surface area contributed by atoms with Crippen molar-refractivity contribution in [2.45, 2.75) is 0 Å². The van der Waals surface area contributed by atoms with Gasteiger partial charge in [0.25, 0.3) is 0 Å². The first-order valence-electron chi connectivity index (χ1n) is 5.42. The van der Waals surface area contributed by atoms with Crippen LogP contribution in [0.2, 0.25) is 0 Å². The predicted molar refractivity (Wildman–Crippen MR) is 80.0 cm³/mol. The molecular weight excluding hydrogens is 258 g/mol. The molecule has 0 bridgehead atoms. The van der Waals surface area contributed by atoms with Gasteiger partial charge in [-0.1, -0.05) is 0 Å². The van der Waals surface area contributed by atoms with Crippen molar-refractivity contribution in [2.24, 2.45) is 0 Å². The van der Waals surface area contributed by atoms with Crippen molar-refractivity contribution in [2.75, 3.05) is 0 Å². The Bertz CT molecular complexity index is 581. The van der Waals surface area contributed by atoms with Crippen LogP contribution in [0.4, 0.5) is 0 Å². The first-order chi connectivity index (χ1) is 8.64. The van der Waals surface area contributed by atoms with Gasteiger partial charge in [0.2, 0.25) is 0 Å². The number of hydrogen-bond donors (Lipinski definition) is 0. The normalized spacial score (nSPS) is 12.7. The molecule has 0 radical (unpaired) electrons. The maximum atomic E-state index is 9.71. The number of rotatable bonds is 2. The first-order valence-corrected chi connectivity index (χ1v) is 9.28. The van der Waals surface area contributed by atoms with Crippen molar-refractivity contribution in [1.82, 2.24) is 0 Å². The zero-order valence-electron chi connectivity index (χ0n) is 9.69. The van der Waals surface area contributed by atoms with E-state index in [4.69, 9.17) is 0 Å². The zero-order valence-corrected chi connectivity index (χ0v) is 11.7. The van der Waals surface area contributed by atoms with Gasteiger partial charge in [-0.2, -0.15) is 0 Å². The summed E-state index contributed by atoms with van der Waals surface area (Å²) in [6.45, 7) is 0. The second-order valence-corrected chi connectivity index (χ2v) is 11.0. The Labute approximate surface area is 109 Å². The summed E-state index contributed by atoms with van der Waals surface area (Å²) in [5.74, 6) is 4.61. The van der Waals surface area contributed by atoms with Gasteiger partial charge in [-0.05, 0) is 0 Å². The monoisotopic (exact) mass is 270 g/mol. The van der Waals surface area contributed by atoms with Crippen LogP contribution in [0.5, 0.6) is 0 Å². The molecule has 0 aliphatic carbocycles. The summed E-state index contributed by atoms with van der Waals surface area (Å²) >= 11 is 0. The van der Waals surface area contributed by atoms with Crippen LogP contribution in [-0.4, -0.2) is 0 Å². The molecule has 0 fully saturated rings. The van der Waals surface area contributed by atoms with E-state index in [1.165, 1.54) is 0 Å². The van der Waals surface area contributed by atoms with Crippen LogP contribution in [-0.2, 0) is 0 Å². The molecule has 0 N–H and O–H groups in total. The number of nitrogens with zero attached hydrogens (tertiary/aromatic N) is 2. The Hall–Kier alpha value is -1.72. The molecule has 0 saturated carbocycles. The van der Waals surface area contributed by atoms with Crippen molar-refractivity contribution >= 4 is 25.8 Å². The molecule has 1 atom stereocenters. The second kappa shape index (κ2) is 4.51. The summed E-state index contributed by atoms with van der Waals surface area (Å²) in [7, 11) is 2.56. The van der Waals surface area contributed by atoms with Gasteiger partial charge in [0.15, 0.2) is 0 Å². The van der Waals surface area contributed by atoms with Crippen molar-refractivity contribution in [3.05, 3.63) is 60.7 Å². The summed E-state index contributed by atoms with van der Waals surface area (Å²) in [6, 6.07) is 18.6. The fraction of sp³-hybridized carbons (Fsp3) is 0. The number of nitriles is 2. The van der Waals surface area contributed by atoms with E-state index in [0.29, 0.717) is 0 Å². The molecule has 2 rings (SSSR count). The van der Waals surface area contributed by atoms with Gasteiger partial charge in [-0.15, -0.1) is 0 Å². The van der Waals surface area contributed by atoms with E-state index in [9.17, 15) is 10.5 Å². The van der Waals surface area contributed by atoms with Crippen LogP contribution in [0.25, 0.3) is 0 Å². The third-order valence-electron chi connectivity index (χ3n) is 3.00. The molecule has 0 aliphatic heterocycles. The summed E-state index contributed by atoms with van der Waals surface area (Å²) in [5.41, 5.74) is 0. The number of hydrogen-bond acceptors (Lipinski definition) is 2. The molecule has 2 aromatic rings. The van der Waals surface area contributed by atoms with Crippen molar-refractivity contribution in [3.63, 3.8) is 0 Å². The van der Waals surface area contributed by atoms with E-state index in [0.717, 1.165) is 10.6 Å². The van der Waals surface area contributed by atoms with Crippen LogP contribution >= 0.6 is 15.2 Å². The van der Waals surface area contributed by atoms with Crippen LogP contribution in [0.1, 0.15) is 0 Å². The molecule has 2 nitrogen and oxygen atoms in total. The average molecular weight is 270 g/mol. The maximum absolute atomic E-state index is 9.71. The third kappa shape index (κ3) is 1.72. The molecule has 88 valence electrons. The number of benzene rings is 2. The molecule has 0 aliphatic rings. The Morgan fingerprint density at radius 3 is 1.33 bits per heavy atom. The zero-order chi connectivity index (χ0) is 13.1. The molecule has 0 spiro atoms. The van der Waals surface area contributed by atoms with Crippen LogP contribution in [0, 0.1) is 22.1 Å². The van der Waals surface area contributed by atoms with E-state index in [1.807, 2.05) is 60.7 Å². The van der Waals surface area contributed by atoms with Gasteiger partial charge in [0.05, 0.1) is 0 Å². The van der Waals surface area contributed by atoms with E-state index < -0.39 is 6.29 Å². The summed E-state index contributed by atoms with van der Waals surface area (Å²) in [6.07, 6.45) is -3.46. The Kier molecular flexibility index (Phi) is 3.19. The molecule has 18 heavy (non-hydrogen) atoms. The fourth-order valence-electron chi connectivity index (χ4n) is 1.88. The van der Waals surface area contributed by atoms with E-state index in [2.05, 4.69) is 20.5 Å². The van der Waals surface area contributed by atoms with Gasteiger partial charge in [0, 0.05) is 0 Å². The van der Waals surface area contributed by atoms with E-state index in [1.54, 1.807) is 0 Å². The van der Waals surface area contributed by atoms with Gasteiger partial charge in [-0.25, -0.2) is 0 Å². The minimum atomic E-state index is -3.46. The summed E-state index contributed by atoms with van der Waals surface area (Å²) < 4.78 is 0. The van der Waals surface area contributed by atoms with Crippen molar-refractivity contribution in [3.8, 4) is 11.6 Å². The van der Waals surface area contributed by atoms with E-state index >= 15 is 0 Å². The molecule has 4 heteroatoms. The molecular formula is C14H12N2P2. The molecule has 2 aromatic carbocycles. The molecule has 0 amide bonds.